The summed E-state index contributed by atoms with van der Waals surface area (Å²) < 4.78 is 29.7. The molecule has 1 N–H and O–H groups in total. The lowest BCUT2D eigenvalue weighted by atomic mass is 10.1. The van der Waals surface area contributed by atoms with E-state index in [1.165, 1.54) is 12.1 Å². The number of anilines is 1. The molecule has 0 bridgehead atoms. The van der Waals surface area contributed by atoms with Gasteiger partial charge in [-0.15, -0.1) is 4.40 Å². The minimum absolute atomic E-state index is 0.0265. The van der Waals surface area contributed by atoms with Gasteiger partial charge in [-0.05, 0) is 37.1 Å². The molecule has 3 rings (SSSR count). The Labute approximate surface area is 179 Å². The molecule has 0 saturated carbocycles. The molecule has 0 aliphatic rings. The van der Waals surface area contributed by atoms with Crippen molar-refractivity contribution in [1.82, 2.24) is 0 Å². The number of amidine groups is 1. The fourth-order valence-electron chi connectivity index (χ4n) is 2.75. The van der Waals surface area contributed by atoms with Crippen molar-refractivity contribution >= 4 is 44.7 Å². The minimum atomic E-state index is -3.98. The number of rotatable bonds is 4. The van der Waals surface area contributed by atoms with E-state index in [0.29, 0.717) is 22.4 Å². The van der Waals surface area contributed by atoms with Crippen molar-refractivity contribution in [3.63, 3.8) is 0 Å². The van der Waals surface area contributed by atoms with E-state index in [-0.39, 0.29) is 20.8 Å². The monoisotopic (exact) mass is 447 g/mol. The highest BCUT2D eigenvalue weighted by Crippen LogP contribution is 2.40. The third kappa shape index (κ3) is 4.40. The number of nitrogens with zero attached hydrogens (tertiary/aromatic N) is 1. The van der Waals surface area contributed by atoms with Crippen LogP contribution in [0.3, 0.4) is 0 Å². The van der Waals surface area contributed by atoms with Crippen molar-refractivity contribution < 1.29 is 13.5 Å². The van der Waals surface area contributed by atoms with E-state index >= 15 is 0 Å². The Morgan fingerprint density at radius 1 is 0.897 bits per heavy atom. The van der Waals surface area contributed by atoms with Gasteiger partial charge < -0.3 is 10.4 Å². The summed E-state index contributed by atoms with van der Waals surface area (Å²) >= 11 is 12.2. The lowest BCUT2D eigenvalue weighted by Gasteiger charge is -2.22. The van der Waals surface area contributed by atoms with Crippen LogP contribution in [-0.4, -0.2) is 14.3 Å². The highest BCUT2D eigenvalue weighted by molar-refractivity contribution is 7.90. The molecule has 0 amide bonds. The highest BCUT2D eigenvalue weighted by atomic mass is 35.5. The smallest absolute Gasteiger partial charge is 0.284 e. The zero-order valence-corrected chi connectivity index (χ0v) is 17.9. The zero-order valence-electron chi connectivity index (χ0n) is 15.6. The van der Waals surface area contributed by atoms with Crippen LogP contribution in [0.15, 0.2) is 70.0 Å². The van der Waals surface area contributed by atoms with Gasteiger partial charge in [0.05, 0.1) is 4.90 Å². The van der Waals surface area contributed by atoms with Gasteiger partial charge in [0.15, 0.2) is 5.84 Å². The quantitative estimate of drug-likeness (QED) is 0.453. The first kappa shape index (κ1) is 21.2. The summed E-state index contributed by atoms with van der Waals surface area (Å²) in [7, 11) is -3.98. The van der Waals surface area contributed by atoms with Gasteiger partial charge in [-0.1, -0.05) is 77.5 Å². The van der Waals surface area contributed by atoms with E-state index < -0.39 is 15.8 Å². The number of nitrogens with one attached hydrogen (secondary N) is 1. The Hall–Kier alpha value is -2.54. The van der Waals surface area contributed by atoms with Crippen LogP contribution >= 0.6 is 23.2 Å². The molecule has 0 saturated heterocycles. The van der Waals surface area contributed by atoms with Gasteiger partial charge in [0.25, 0.3) is 10.0 Å². The lowest BCUT2D eigenvalue weighted by molar-refractivity contribution is -0.268. The lowest BCUT2D eigenvalue weighted by Crippen LogP contribution is -2.18. The summed E-state index contributed by atoms with van der Waals surface area (Å²) in [5.74, 6) is -0.379. The third-order valence-corrected chi connectivity index (χ3v) is 6.55. The fourth-order valence-corrected chi connectivity index (χ4v) is 4.18. The van der Waals surface area contributed by atoms with E-state index in [1.54, 1.807) is 56.3 Å². The van der Waals surface area contributed by atoms with Crippen molar-refractivity contribution in [2.24, 2.45) is 4.40 Å². The molecule has 0 unspecified atom stereocenters. The molecule has 0 radical (unpaired) electrons. The van der Waals surface area contributed by atoms with Gasteiger partial charge >= 0.3 is 0 Å². The molecule has 8 heteroatoms. The topological polar surface area (TPSA) is 81.6 Å². The van der Waals surface area contributed by atoms with Gasteiger partial charge in [-0.2, -0.15) is 8.42 Å². The first-order valence-corrected chi connectivity index (χ1v) is 10.8. The van der Waals surface area contributed by atoms with Gasteiger partial charge in [0, 0.05) is 21.3 Å². The van der Waals surface area contributed by atoms with E-state index in [0.717, 1.165) is 0 Å². The number of benzene rings is 3. The molecule has 0 atom stereocenters. The van der Waals surface area contributed by atoms with Gasteiger partial charge in [-0.25, -0.2) is 0 Å². The molecule has 0 heterocycles. The first-order chi connectivity index (χ1) is 13.7. The van der Waals surface area contributed by atoms with Crippen molar-refractivity contribution in [3.05, 3.63) is 87.4 Å². The normalized spacial score (nSPS) is 12.1. The Balaban J connectivity index is 2.18. The molecule has 150 valence electrons. The second-order valence-corrected chi connectivity index (χ2v) is 8.66. The molecular formula is C21H17Cl2N2O3S-. The second-order valence-electron chi connectivity index (χ2n) is 6.30. The summed E-state index contributed by atoms with van der Waals surface area (Å²) in [4.78, 5) is 0.0645. The molecule has 3 aromatic carbocycles. The molecule has 0 aromatic heterocycles. The highest BCUT2D eigenvalue weighted by Gasteiger charge is 2.19. The zero-order chi connectivity index (χ0) is 21.2. The fraction of sp³-hybridized carbons (Fsp3) is 0.0952. The molecule has 0 spiro atoms. The molecule has 0 aliphatic heterocycles. The van der Waals surface area contributed by atoms with Crippen molar-refractivity contribution in [3.8, 4) is 5.75 Å². The van der Waals surface area contributed by atoms with Crippen LogP contribution < -0.4 is 10.4 Å². The first-order valence-electron chi connectivity index (χ1n) is 8.60. The number of halogens is 2. The summed E-state index contributed by atoms with van der Waals surface area (Å²) in [6.07, 6.45) is 0. The number of hydrogen-bond acceptors (Lipinski definition) is 3. The Morgan fingerprint density at radius 3 is 1.90 bits per heavy atom. The largest absolute Gasteiger partial charge is 0.870 e. The molecule has 3 aromatic rings. The predicted octanol–water partition coefficient (Wildman–Crippen LogP) is 4.93. The van der Waals surface area contributed by atoms with Gasteiger partial charge in [-0.3, -0.25) is 0 Å². The Bertz CT molecular complexity index is 1150. The maximum absolute atomic E-state index is 12.8. The van der Waals surface area contributed by atoms with Gasteiger partial charge in [0.2, 0.25) is 0 Å². The van der Waals surface area contributed by atoms with Gasteiger partial charge in [0.1, 0.15) is 0 Å². The summed E-state index contributed by atoms with van der Waals surface area (Å²) in [5.41, 5.74) is 1.90. The molecule has 29 heavy (non-hydrogen) atoms. The Kier molecular flexibility index (Phi) is 6.17. The standard InChI is InChI=1S/C21H18Cl2N2O3S/c1-13-17(22)20(26)18(23)14(2)19(13)24-21(15-9-5-3-6-10-15)25-29(27,28)16-11-7-4-8-12-16/h3-12,26H,1-2H3,(H,24,25)/p-1. The van der Waals surface area contributed by atoms with Crippen LogP contribution in [0.1, 0.15) is 16.7 Å². The van der Waals surface area contributed by atoms with Crippen LogP contribution in [-0.2, 0) is 10.0 Å². The summed E-state index contributed by atoms with van der Waals surface area (Å²) in [5, 5.41) is 15.1. The van der Waals surface area contributed by atoms with Crippen LogP contribution in [0.2, 0.25) is 10.0 Å². The number of sulfonamides is 1. The average Bonchev–Trinajstić information content (AvgIpc) is 2.74. The maximum Gasteiger partial charge on any atom is 0.284 e. The van der Waals surface area contributed by atoms with Crippen LogP contribution in [0.5, 0.6) is 5.75 Å². The van der Waals surface area contributed by atoms with Crippen molar-refractivity contribution in [2.45, 2.75) is 18.7 Å². The van der Waals surface area contributed by atoms with E-state index in [9.17, 15) is 13.5 Å². The molecule has 0 aliphatic carbocycles. The van der Waals surface area contributed by atoms with Crippen LogP contribution in [0, 0.1) is 13.8 Å². The predicted molar refractivity (Wildman–Crippen MR) is 116 cm³/mol. The van der Waals surface area contributed by atoms with Crippen LogP contribution in [0.25, 0.3) is 0 Å². The maximum atomic E-state index is 12.8. The van der Waals surface area contributed by atoms with Crippen LogP contribution in [0.4, 0.5) is 5.69 Å². The van der Waals surface area contributed by atoms with Crippen molar-refractivity contribution in [2.75, 3.05) is 5.32 Å². The van der Waals surface area contributed by atoms with Crippen molar-refractivity contribution in [1.29, 1.82) is 0 Å². The number of hydrogen-bond donors (Lipinski definition) is 1. The summed E-state index contributed by atoms with van der Waals surface area (Å²) in [6.45, 7) is 3.31. The van der Waals surface area contributed by atoms with E-state index in [1.807, 2.05) is 6.07 Å². The third-order valence-electron chi connectivity index (χ3n) is 4.35. The second kappa shape index (κ2) is 8.45. The molecular weight excluding hydrogens is 431 g/mol. The minimum Gasteiger partial charge on any atom is -0.870 e. The SMILES string of the molecule is Cc1c(Cl)c([O-])c(Cl)c(C)c1NC(=NS(=O)(=O)c1ccccc1)c1ccccc1. The molecule has 0 fully saturated rings. The Morgan fingerprint density at radius 2 is 1.38 bits per heavy atom. The average molecular weight is 448 g/mol. The molecule has 5 nitrogen and oxygen atoms in total. The summed E-state index contributed by atoms with van der Waals surface area (Å²) in [6, 6.07) is 16.7. The van der Waals surface area contributed by atoms with E-state index in [4.69, 9.17) is 23.2 Å². The van der Waals surface area contributed by atoms with E-state index in [2.05, 4.69) is 9.71 Å².